The minimum Gasteiger partial charge on any atom is -0.243 e. The van der Waals surface area contributed by atoms with E-state index in [2.05, 4.69) is 6.58 Å². The van der Waals surface area contributed by atoms with Gasteiger partial charge in [0, 0.05) is 0 Å². The van der Waals surface area contributed by atoms with E-state index in [1.165, 1.54) is 6.08 Å². The van der Waals surface area contributed by atoms with E-state index < -0.39 is 6.17 Å². The van der Waals surface area contributed by atoms with Gasteiger partial charge in [-0.25, -0.2) is 4.39 Å². The van der Waals surface area contributed by atoms with Gasteiger partial charge in [0.2, 0.25) is 0 Å². The Morgan fingerprint density at radius 3 is 2.78 bits per heavy atom. The molecule has 0 N–H and O–H groups in total. The first-order valence-corrected chi connectivity index (χ1v) is 3.19. The number of rotatable bonds is 4. The summed E-state index contributed by atoms with van der Waals surface area (Å²) in [5, 5.41) is 0. The maximum atomic E-state index is 12.3. The Bertz CT molecular complexity index is 94.7. The normalized spacial score (nSPS) is 14.0. The lowest BCUT2D eigenvalue weighted by molar-refractivity contribution is 0.381. The highest BCUT2D eigenvalue weighted by Crippen LogP contribution is 2.02. The number of hydrogen-bond acceptors (Lipinski definition) is 0. The predicted molar refractivity (Wildman–Crippen MR) is 39.1 cm³/mol. The van der Waals surface area contributed by atoms with Gasteiger partial charge >= 0.3 is 0 Å². The van der Waals surface area contributed by atoms with Gasteiger partial charge in [-0.1, -0.05) is 18.2 Å². The Kier molecular flexibility index (Phi) is 5.18. The second-order valence-corrected chi connectivity index (χ2v) is 1.90. The van der Waals surface area contributed by atoms with E-state index in [4.69, 9.17) is 0 Å². The quantitative estimate of drug-likeness (QED) is 0.511. The fraction of sp³-hybridized carbons (Fsp3) is 0.500. The highest BCUT2D eigenvalue weighted by Gasteiger charge is 1.95. The zero-order valence-corrected chi connectivity index (χ0v) is 5.81. The zero-order valence-electron chi connectivity index (χ0n) is 5.81. The van der Waals surface area contributed by atoms with Crippen LogP contribution in [0.4, 0.5) is 4.39 Å². The molecule has 1 heteroatoms. The molecule has 0 bridgehead atoms. The van der Waals surface area contributed by atoms with E-state index in [1.54, 1.807) is 0 Å². The van der Waals surface area contributed by atoms with E-state index in [0.29, 0.717) is 6.42 Å². The molecule has 0 amide bonds. The molecule has 0 aromatic heterocycles. The fourth-order valence-electron chi connectivity index (χ4n) is 0.540. The highest BCUT2D eigenvalue weighted by molar-refractivity contribution is 4.83. The summed E-state index contributed by atoms with van der Waals surface area (Å²) in [5.74, 6) is 0. The molecule has 0 aromatic carbocycles. The average Bonchev–Trinajstić information content (AvgIpc) is 1.89. The molecule has 0 spiro atoms. The fourth-order valence-corrected chi connectivity index (χ4v) is 0.540. The Morgan fingerprint density at radius 2 is 2.33 bits per heavy atom. The number of halogens is 1. The topological polar surface area (TPSA) is 0 Å². The SMILES string of the molecule is C=CC(F)CC/C=C/C. The van der Waals surface area contributed by atoms with Gasteiger partial charge in [-0.3, -0.25) is 0 Å². The molecule has 1 unspecified atom stereocenters. The molecule has 52 valence electrons. The van der Waals surface area contributed by atoms with Crippen LogP contribution in [0.1, 0.15) is 19.8 Å². The molecular formula is C8H13F. The van der Waals surface area contributed by atoms with Crippen molar-refractivity contribution >= 4 is 0 Å². The maximum absolute atomic E-state index is 12.3. The zero-order chi connectivity index (χ0) is 7.11. The first kappa shape index (κ1) is 8.41. The molecule has 0 aliphatic heterocycles. The molecule has 0 saturated carbocycles. The van der Waals surface area contributed by atoms with Gasteiger partial charge in [-0.15, -0.1) is 6.58 Å². The number of allylic oxidation sites excluding steroid dienone is 3. The minimum atomic E-state index is -0.832. The van der Waals surface area contributed by atoms with Crippen LogP contribution in [0.15, 0.2) is 24.8 Å². The highest BCUT2D eigenvalue weighted by atomic mass is 19.1. The third-order valence-electron chi connectivity index (χ3n) is 1.10. The second kappa shape index (κ2) is 5.54. The molecule has 0 saturated heterocycles. The molecular weight excluding hydrogens is 115 g/mol. The number of hydrogen-bond donors (Lipinski definition) is 0. The van der Waals surface area contributed by atoms with E-state index in [1.807, 2.05) is 19.1 Å². The van der Waals surface area contributed by atoms with Gasteiger partial charge in [0.1, 0.15) is 6.17 Å². The maximum Gasteiger partial charge on any atom is 0.118 e. The van der Waals surface area contributed by atoms with Crippen molar-refractivity contribution in [3.63, 3.8) is 0 Å². The van der Waals surface area contributed by atoms with Gasteiger partial charge < -0.3 is 0 Å². The predicted octanol–water partition coefficient (Wildman–Crippen LogP) is 2.87. The summed E-state index contributed by atoms with van der Waals surface area (Å²) in [6.07, 6.45) is 5.76. The number of alkyl halides is 1. The van der Waals surface area contributed by atoms with Crippen molar-refractivity contribution in [2.75, 3.05) is 0 Å². The van der Waals surface area contributed by atoms with Crippen LogP contribution in [0.3, 0.4) is 0 Å². The third kappa shape index (κ3) is 5.28. The smallest absolute Gasteiger partial charge is 0.118 e. The Balaban J connectivity index is 3.16. The van der Waals surface area contributed by atoms with Crippen molar-refractivity contribution < 1.29 is 4.39 Å². The monoisotopic (exact) mass is 128 g/mol. The molecule has 0 aromatic rings. The lowest BCUT2D eigenvalue weighted by atomic mass is 10.2. The molecule has 0 heterocycles. The molecule has 9 heavy (non-hydrogen) atoms. The average molecular weight is 128 g/mol. The molecule has 0 aliphatic carbocycles. The van der Waals surface area contributed by atoms with E-state index in [0.717, 1.165) is 6.42 Å². The van der Waals surface area contributed by atoms with Crippen LogP contribution in [-0.4, -0.2) is 6.17 Å². The van der Waals surface area contributed by atoms with Crippen LogP contribution in [0.2, 0.25) is 0 Å². The first-order chi connectivity index (χ1) is 4.31. The lowest BCUT2D eigenvalue weighted by Crippen LogP contribution is -1.91. The summed E-state index contributed by atoms with van der Waals surface area (Å²) < 4.78 is 12.3. The molecule has 1 atom stereocenters. The van der Waals surface area contributed by atoms with Crippen molar-refractivity contribution in [1.82, 2.24) is 0 Å². The summed E-state index contributed by atoms with van der Waals surface area (Å²) in [6.45, 7) is 5.27. The Morgan fingerprint density at radius 1 is 1.67 bits per heavy atom. The van der Waals surface area contributed by atoms with Gasteiger partial charge in [0.25, 0.3) is 0 Å². The van der Waals surface area contributed by atoms with Crippen molar-refractivity contribution in [1.29, 1.82) is 0 Å². The summed E-state index contributed by atoms with van der Waals surface area (Å²) in [7, 11) is 0. The van der Waals surface area contributed by atoms with Crippen molar-refractivity contribution in [2.24, 2.45) is 0 Å². The summed E-state index contributed by atoms with van der Waals surface area (Å²) in [4.78, 5) is 0. The first-order valence-electron chi connectivity index (χ1n) is 3.19. The van der Waals surface area contributed by atoms with E-state index >= 15 is 0 Å². The van der Waals surface area contributed by atoms with Crippen LogP contribution < -0.4 is 0 Å². The Hall–Kier alpha value is -0.590. The lowest BCUT2D eigenvalue weighted by Gasteiger charge is -1.95. The second-order valence-electron chi connectivity index (χ2n) is 1.90. The van der Waals surface area contributed by atoms with E-state index in [-0.39, 0.29) is 0 Å². The molecule has 0 fully saturated rings. The van der Waals surface area contributed by atoms with Gasteiger partial charge in [-0.2, -0.15) is 0 Å². The molecule has 0 aliphatic rings. The Labute approximate surface area is 56.1 Å². The summed E-state index contributed by atoms with van der Waals surface area (Å²) >= 11 is 0. The van der Waals surface area contributed by atoms with Gasteiger partial charge in [-0.05, 0) is 19.8 Å². The van der Waals surface area contributed by atoms with Crippen molar-refractivity contribution in [3.8, 4) is 0 Å². The molecule has 0 radical (unpaired) electrons. The van der Waals surface area contributed by atoms with Gasteiger partial charge in [0.05, 0.1) is 0 Å². The minimum absolute atomic E-state index is 0.563. The van der Waals surface area contributed by atoms with Gasteiger partial charge in [0.15, 0.2) is 0 Å². The van der Waals surface area contributed by atoms with E-state index in [9.17, 15) is 4.39 Å². The van der Waals surface area contributed by atoms with Crippen LogP contribution >= 0.6 is 0 Å². The summed E-state index contributed by atoms with van der Waals surface area (Å²) in [5.41, 5.74) is 0. The molecule has 0 rings (SSSR count). The summed E-state index contributed by atoms with van der Waals surface area (Å²) in [6, 6.07) is 0. The van der Waals surface area contributed by atoms with Crippen LogP contribution in [-0.2, 0) is 0 Å². The van der Waals surface area contributed by atoms with Crippen molar-refractivity contribution in [2.45, 2.75) is 25.9 Å². The largest absolute Gasteiger partial charge is 0.243 e. The van der Waals surface area contributed by atoms with Crippen LogP contribution in [0.5, 0.6) is 0 Å². The van der Waals surface area contributed by atoms with Crippen molar-refractivity contribution in [3.05, 3.63) is 24.8 Å². The third-order valence-corrected chi connectivity index (χ3v) is 1.10. The van der Waals surface area contributed by atoms with Crippen LogP contribution in [0.25, 0.3) is 0 Å². The molecule has 0 nitrogen and oxygen atoms in total. The van der Waals surface area contributed by atoms with Crippen LogP contribution in [0, 0.1) is 0 Å². The standard InChI is InChI=1S/C8H13F/c1-3-5-6-7-8(9)4-2/h3-5,8H,2,6-7H2,1H3/b5-3+.